The summed E-state index contributed by atoms with van der Waals surface area (Å²) in [5, 5.41) is 17.8. The zero-order valence-corrected chi connectivity index (χ0v) is 12.6. The van der Waals surface area contributed by atoms with Crippen LogP contribution in [0.1, 0.15) is 32.0 Å². The smallest absolute Gasteiger partial charge is 0.313 e. The van der Waals surface area contributed by atoms with Crippen molar-refractivity contribution >= 4 is 17.7 Å². The standard InChI is InChI=1S/C13H21N3O3S/c1-2-3-11-14-15-13(20-9-12(17)18)16(11)6-4-10-5-7-19-8-10/h10H,2-9H2,1H3,(H,17,18). The van der Waals surface area contributed by atoms with E-state index >= 15 is 0 Å². The van der Waals surface area contributed by atoms with Gasteiger partial charge >= 0.3 is 5.97 Å². The Morgan fingerprint density at radius 2 is 2.40 bits per heavy atom. The predicted molar refractivity (Wildman–Crippen MR) is 75.9 cm³/mol. The fraction of sp³-hybridized carbons (Fsp3) is 0.769. The van der Waals surface area contributed by atoms with Crippen LogP contribution in [0, 0.1) is 5.92 Å². The number of carboxylic acids is 1. The maximum Gasteiger partial charge on any atom is 0.313 e. The molecule has 2 rings (SSSR count). The SMILES string of the molecule is CCCc1nnc(SCC(=O)O)n1CCC1CCOC1. The van der Waals surface area contributed by atoms with Gasteiger partial charge in [0.25, 0.3) is 0 Å². The van der Waals surface area contributed by atoms with Crippen molar-refractivity contribution in [1.82, 2.24) is 14.8 Å². The molecule has 1 aliphatic rings. The van der Waals surface area contributed by atoms with Gasteiger partial charge in [0, 0.05) is 26.2 Å². The molecule has 0 amide bonds. The molecule has 1 saturated heterocycles. The van der Waals surface area contributed by atoms with Crippen LogP contribution < -0.4 is 0 Å². The summed E-state index contributed by atoms with van der Waals surface area (Å²) in [6.07, 6.45) is 4.04. The van der Waals surface area contributed by atoms with E-state index in [1.54, 1.807) is 0 Å². The molecule has 1 aromatic heterocycles. The van der Waals surface area contributed by atoms with Crippen LogP contribution in [0.15, 0.2) is 5.16 Å². The zero-order chi connectivity index (χ0) is 14.4. The minimum atomic E-state index is -0.828. The Morgan fingerprint density at radius 3 is 3.05 bits per heavy atom. The van der Waals surface area contributed by atoms with Gasteiger partial charge in [0.1, 0.15) is 5.82 Å². The number of aliphatic carboxylic acids is 1. The first kappa shape index (κ1) is 15.3. The molecule has 6 nitrogen and oxygen atoms in total. The summed E-state index contributed by atoms with van der Waals surface area (Å²) in [6.45, 7) is 4.64. The molecule has 112 valence electrons. The average molecular weight is 299 g/mol. The first-order chi connectivity index (χ1) is 9.70. The first-order valence-corrected chi connectivity index (χ1v) is 8.03. The highest BCUT2D eigenvalue weighted by Crippen LogP contribution is 2.22. The fourth-order valence-electron chi connectivity index (χ4n) is 2.31. The van der Waals surface area contributed by atoms with Gasteiger partial charge in [-0.05, 0) is 25.2 Å². The Labute approximate surface area is 122 Å². The molecule has 0 radical (unpaired) electrons. The average Bonchev–Trinajstić information content (AvgIpc) is 3.04. The molecule has 0 aliphatic carbocycles. The van der Waals surface area contributed by atoms with Crippen LogP contribution in [0.5, 0.6) is 0 Å². The van der Waals surface area contributed by atoms with Gasteiger partial charge in [-0.15, -0.1) is 10.2 Å². The van der Waals surface area contributed by atoms with Gasteiger partial charge < -0.3 is 14.4 Å². The third-order valence-corrected chi connectivity index (χ3v) is 4.33. The Morgan fingerprint density at radius 1 is 1.55 bits per heavy atom. The Hall–Kier alpha value is -1.08. The van der Waals surface area contributed by atoms with Crippen molar-refractivity contribution in [2.75, 3.05) is 19.0 Å². The first-order valence-electron chi connectivity index (χ1n) is 7.05. The van der Waals surface area contributed by atoms with Gasteiger partial charge in [-0.1, -0.05) is 18.7 Å². The van der Waals surface area contributed by atoms with Crippen LogP contribution in [-0.2, 0) is 22.5 Å². The van der Waals surface area contributed by atoms with Gasteiger partial charge in [0.05, 0.1) is 5.75 Å². The predicted octanol–water partition coefficient (Wildman–Crippen LogP) is 1.83. The summed E-state index contributed by atoms with van der Waals surface area (Å²) >= 11 is 1.24. The van der Waals surface area contributed by atoms with Crippen LogP contribution in [0.2, 0.25) is 0 Å². The highest BCUT2D eigenvalue weighted by Gasteiger charge is 2.18. The minimum Gasteiger partial charge on any atom is -0.481 e. The highest BCUT2D eigenvalue weighted by atomic mass is 32.2. The van der Waals surface area contributed by atoms with Crippen molar-refractivity contribution in [2.24, 2.45) is 5.92 Å². The van der Waals surface area contributed by atoms with Gasteiger partial charge in [-0.2, -0.15) is 0 Å². The second-order valence-corrected chi connectivity index (χ2v) is 5.94. The Bertz CT molecular complexity index is 444. The van der Waals surface area contributed by atoms with E-state index in [9.17, 15) is 4.79 Å². The van der Waals surface area contributed by atoms with E-state index in [1.165, 1.54) is 11.8 Å². The number of aromatic nitrogens is 3. The molecule has 1 atom stereocenters. The summed E-state index contributed by atoms with van der Waals surface area (Å²) in [6, 6.07) is 0. The maximum atomic E-state index is 10.7. The highest BCUT2D eigenvalue weighted by molar-refractivity contribution is 7.99. The van der Waals surface area contributed by atoms with Crippen molar-refractivity contribution in [3.8, 4) is 0 Å². The number of nitrogens with zero attached hydrogens (tertiary/aromatic N) is 3. The van der Waals surface area contributed by atoms with Crippen LogP contribution in [0.3, 0.4) is 0 Å². The number of carboxylic acid groups (broad SMARTS) is 1. The third-order valence-electron chi connectivity index (χ3n) is 3.38. The quantitative estimate of drug-likeness (QED) is 0.738. The molecule has 2 heterocycles. The second kappa shape index (κ2) is 7.64. The minimum absolute atomic E-state index is 0.0246. The molecule has 0 bridgehead atoms. The Kier molecular flexibility index (Phi) is 5.85. The van der Waals surface area contributed by atoms with E-state index in [4.69, 9.17) is 9.84 Å². The number of aryl methyl sites for hydroxylation is 1. The van der Waals surface area contributed by atoms with E-state index < -0.39 is 5.97 Å². The topological polar surface area (TPSA) is 77.2 Å². The normalized spacial score (nSPS) is 18.6. The lowest BCUT2D eigenvalue weighted by molar-refractivity contribution is -0.133. The number of rotatable bonds is 8. The number of ether oxygens (including phenoxy) is 1. The van der Waals surface area contributed by atoms with Gasteiger partial charge in [0.2, 0.25) is 0 Å². The molecular formula is C13H21N3O3S. The van der Waals surface area contributed by atoms with Crippen molar-refractivity contribution in [3.63, 3.8) is 0 Å². The van der Waals surface area contributed by atoms with E-state index in [-0.39, 0.29) is 5.75 Å². The molecule has 0 aromatic carbocycles. The van der Waals surface area contributed by atoms with Crippen LogP contribution >= 0.6 is 11.8 Å². The molecule has 0 saturated carbocycles. The van der Waals surface area contributed by atoms with Crippen LogP contribution in [0.25, 0.3) is 0 Å². The van der Waals surface area contributed by atoms with Crippen LogP contribution in [-0.4, -0.2) is 44.8 Å². The van der Waals surface area contributed by atoms with E-state index in [2.05, 4.69) is 21.7 Å². The third kappa shape index (κ3) is 4.21. The van der Waals surface area contributed by atoms with Gasteiger partial charge in [0.15, 0.2) is 5.16 Å². The van der Waals surface area contributed by atoms with Crippen LogP contribution in [0.4, 0.5) is 0 Å². The Balaban J connectivity index is 2.00. The number of hydrogen-bond acceptors (Lipinski definition) is 5. The maximum absolute atomic E-state index is 10.7. The summed E-state index contributed by atoms with van der Waals surface area (Å²) in [5.74, 6) is 0.755. The van der Waals surface area contributed by atoms with E-state index in [1.807, 2.05) is 0 Å². The van der Waals surface area contributed by atoms with Crippen molar-refractivity contribution in [3.05, 3.63) is 5.82 Å². The molecule has 7 heteroatoms. The lowest BCUT2D eigenvalue weighted by atomic mass is 10.1. The molecular weight excluding hydrogens is 278 g/mol. The molecule has 1 unspecified atom stereocenters. The molecule has 0 spiro atoms. The van der Waals surface area contributed by atoms with Crippen molar-refractivity contribution in [1.29, 1.82) is 0 Å². The lowest BCUT2D eigenvalue weighted by Crippen LogP contribution is -2.11. The second-order valence-electron chi connectivity index (χ2n) is 5.00. The molecule has 1 aliphatic heterocycles. The number of hydrogen-bond donors (Lipinski definition) is 1. The summed E-state index contributed by atoms with van der Waals surface area (Å²) < 4.78 is 7.47. The zero-order valence-electron chi connectivity index (χ0n) is 11.7. The molecule has 1 fully saturated rings. The van der Waals surface area contributed by atoms with E-state index in [0.29, 0.717) is 5.92 Å². The van der Waals surface area contributed by atoms with E-state index in [0.717, 1.165) is 56.4 Å². The molecule has 1 N–H and O–H groups in total. The summed E-state index contributed by atoms with van der Waals surface area (Å²) in [4.78, 5) is 10.7. The largest absolute Gasteiger partial charge is 0.481 e. The van der Waals surface area contributed by atoms with Gasteiger partial charge in [-0.25, -0.2) is 0 Å². The summed E-state index contributed by atoms with van der Waals surface area (Å²) in [7, 11) is 0. The van der Waals surface area contributed by atoms with Gasteiger partial charge in [-0.3, -0.25) is 4.79 Å². The fourth-order valence-corrected chi connectivity index (χ4v) is 3.01. The number of carbonyl (C=O) groups is 1. The van der Waals surface area contributed by atoms with Crippen molar-refractivity contribution in [2.45, 2.75) is 44.3 Å². The lowest BCUT2D eigenvalue weighted by Gasteiger charge is -2.12. The number of thioether (sulfide) groups is 1. The molecule has 1 aromatic rings. The monoisotopic (exact) mass is 299 g/mol. The van der Waals surface area contributed by atoms with Crippen molar-refractivity contribution < 1.29 is 14.6 Å². The molecule has 20 heavy (non-hydrogen) atoms. The summed E-state index contributed by atoms with van der Waals surface area (Å²) in [5.41, 5.74) is 0.